The van der Waals surface area contributed by atoms with Crippen molar-refractivity contribution in [2.45, 2.75) is 13.1 Å². The van der Waals surface area contributed by atoms with Gasteiger partial charge >= 0.3 is 5.97 Å². The van der Waals surface area contributed by atoms with Gasteiger partial charge in [-0.05, 0) is 17.7 Å². The predicted molar refractivity (Wildman–Crippen MR) is 69.3 cm³/mol. The van der Waals surface area contributed by atoms with E-state index in [9.17, 15) is 14.9 Å². The Morgan fingerprint density at radius 2 is 1.90 bits per heavy atom. The number of benzene rings is 1. The Kier molecular flexibility index (Phi) is 4.11. The molecule has 0 aliphatic rings. The van der Waals surface area contributed by atoms with Crippen LogP contribution in [0.25, 0.3) is 0 Å². The van der Waals surface area contributed by atoms with E-state index < -0.39 is 10.9 Å². The minimum atomic E-state index is -1.10. The van der Waals surface area contributed by atoms with Crippen molar-refractivity contribution < 1.29 is 19.2 Å². The second-order valence-electron chi connectivity index (χ2n) is 4.10. The molecular weight excluding hydrogens is 264 g/mol. The van der Waals surface area contributed by atoms with Crippen LogP contribution in [0.2, 0.25) is 0 Å². The molecule has 7 nitrogen and oxygen atoms in total. The highest BCUT2D eigenvalue weighted by molar-refractivity contribution is 5.84. The highest BCUT2D eigenvalue weighted by Crippen LogP contribution is 2.12. The van der Waals surface area contributed by atoms with Gasteiger partial charge in [0.15, 0.2) is 0 Å². The summed E-state index contributed by atoms with van der Waals surface area (Å²) in [5.41, 5.74) is 0.937. The van der Waals surface area contributed by atoms with E-state index in [0.29, 0.717) is 18.8 Å². The summed E-state index contributed by atoms with van der Waals surface area (Å²) in [6.45, 7) is 0.880. The molecule has 2 N–H and O–H groups in total. The van der Waals surface area contributed by atoms with Gasteiger partial charge in [0.1, 0.15) is 5.76 Å². The molecule has 1 aromatic carbocycles. The maximum atomic E-state index is 10.6. The number of carboxylic acids is 1. The van der Waals surface area contributed by atoms with E-state index in [1.807, 2.05) is 0 Å². The molecule has 1 heterocycles. The topological polar surface area (TPSA) is 106 Å². The van der Waals surface area contributed by atoms with Crippen molar-refractivity contribution in [3.8, 4) is 0 Å². The minimum absolute atomic E-state index is 0.0471. The van der Waals surface area contributed by atoms with Crippen LogP contribution in [-0.4, -0.2) is 16.0 Å². The van der Waals surface area contributed by atoms with E-state index in [-0.39, 0.29) is 11.4 Å². The van der Waals surface area contributed by atoms with E-state index in [1.165, 1.54) is 18.2 Å². The van der Waals surface area contributed by atoms with E-state index in [2.05, 4.69) is 5.32 Å². The van der Waals surface area contributed by atoms with Crippen LogP contribution in [0.3, 0.4) is 0 Å². The van der Waals surface area contributed by atoms with Crippen molar-refractivity contribution in [2.75, 3.05) is 0 Å². The van der Waals surface area contributed by atoms with Gasteiger partial charge in [-0.15, -0.1) is 0 Å². The summed E-state index contributed by atoms with van der Waals surface area (Å²) in [4.78, 5) is 20.7. The van der Waals surface area contributed by atoms with Crippen LogP contribution >= 0.6 is 0 Å². The summed E-state index contributed by atoms with van der Waals surface area (Å²) in [6.07, 6.45) is 0. The van der Waals surface area contributed by atoms with Crippen molar-refractivity contribution in [1.82, 2.24) is 5.32 Å². The Hall–Kier alpha value is -2.67. The Balaban J connectivity index is 1.85. The number of non-ortho nitro benzene ring substituents is 1. The standard InChI is InChI=1S/C13H12N2O5/c16-13(17)12-6-5-11(20-12)8-14-7-9-1-3-10(4-2-9)15(18)19/h1-6,14H,7-8H2,(H,16,17). The number of nitro groups is 1. The molecule has 0 radical (unpaired) electrons. The monoisotopic (exact) mass is 276 g/mol. The molecule has 1 aromatic heterocycles. The van der Waals surface area contributed by atoms with Crippen LogP contribution in [0.1, 0.15) is 21.9 Å². The van der Waals surface area contributed by atoms with Gasteiger partial charge in [0.25, 0.3) is 5.69 Å². The Morgan fingerprint density at radius 1 is 1.20 bits per heavy atom. The molecule has 0 unspecified atom stereocenters. The maximum Gasteiger partial charge on any atom is 0.371 e. The van der Waals surface area contributed by atoms with Gasteiger partial charge in [0, 0.05) is 18.7 Å². The molecule has 0 aliphatic carbocycles. The highest BCUT2D eigenvalue weighted by Gasteiger charge is 2.08. The number of carboxylic acid groups (broad SMARTS) is 1. The fourth-order valence-electron chi connectivity index (χ4n) is 1.65. The number of nitrogens with zero attached hydrogens (tertiary/aromatic N) is 1. The molecule has 0 bridgehead atoms. The number of hydrogen-bond acceptors (Lipinski definition) is 5. The third-order valence-electron chi connectivity index (χ3n) is 2.65. The van der Waals surface area contributed by atoms with Gasteiger partial charge in [0.2, 0.25) is 5.76 Å². The number of aromatic carboxylic acids is 1. The number of carbonyl (C=O) groups is 1. The van der Waals surface area contributed by atoms with Gasteiger partial charge in [-0.3, -0.25) is 10.1 Å². The predicted octanol–water partition coefficient (Wildman–Crippen LogP) is 2.18. The number of rotatable bonds is 6. The minimum Gasteiger partial charge on any atom is -0.475 e. The van der Waals surface area contributed by atoms with Crippen molar-refractivity contribution in [2.24, 2.45) is 0 Å². The van der Waals surface area contributed by atoms with Gasteiger partial charge < -0.3 is 14.8 Å². The largest absolute Gasteiger partial charge is 0.475 e. The third-order valence-corrected chi connectivity index (χ3v) is 2.65. The second-order valence-corrected chi connectivity index (χ2v) is 4.10. The van der Waals surface area contributed by atoms with E-state index in [0.717, 1.165) is 5.56 Å². The zero-order valence-corrected chi connectivity index (χ0v) is 10.4. The quantitative estimate of drug-likeness (QED) is 0.618. The van der Waals surface area contributed by atoms with Crippen LogP contribution < -0.4 is 5.32 Å². The zero-order valence-electron chi connectivity index (χ0n) is 10.4. The van der Waals surface area contributed by atoms with Crippen molar-refractivity contribution in [3.05, 3.63) is 63.6 Å². The molecule has 2 aromatic rings. The summed E-state index contributed by atoms with van der Waals surface area (Å²) in [7, 11) is 0. The summed E-state index contributed by atoms with van der Waals surface area (Å²) < 4.78 is 5.08. The van der Waals surface area contributed by atoms with Gasteiger partial charge in [-0.25, -0.2) is 4.79 Å². The summed E-state index contributed by atoms with van der Waals surface area (Å²) in [5.74, 6) is -0.687. The maximum absolute atomic E-state index is 10.6. The fraction of sp³-hybridized carbons (Fsp3) is 0.154. The number of nitrogens with one attached hydrogen (secondary N) is 1. The van der Waals surface area contributed by atoms with Gasteiger partial charge in [-0.1, -0.05) is 12.1 Å². The Bertz CT molecular complexity index is 618. The molecule has 7 heteroatoms. The first-order valence-corrected chi connectivity index (χ1v) is 5.82. The highest BCUT2D eigenvalue weighted by atomic mass is 16.6. The van der Waals surface area contributed by atoms with Crippen LogP contribution in [0.15, 0.2) is 40.8 Å². The summed E-state index contributed by atoms with van der Waals surface area (Å²) in [6, 6.07) is 9.18. The lowest BCUT2D eigenvalue weighted by Gasteiger charge is -2.02. The van der Waals surface area contributed by atoms with E-state index in [1.54, 1.807) is 18.2 Å². The lowest BCUT2D eigenvalue weighted by molar-refractivity contribution is -0.384. The summed E-state index contributed by atoms with van der Waals surface area (Å²) >= 11 is 0. The molecule has 2 rings (SSSR count). The van der Waals surface area contributed by atoms with Crippen LogP contribution in [0, 0.1) is 10.1 Å². The molecule has 0 amide bonds. The van der Waals surface area contributed by atoms with Gasteiger partial charge in [0.05, 0.1) is 11.5 Å². The number of nitro benzene ring substituents is 1. The molecule has 20 heavy (non-hydrogen) atoms. The van der Waals surface area contributed by atoms with Crippen molar-refractivity contribution in [1.29, 1.82) is 0 Å². The SMILES string of the molecule is O=C(O)c1ccc(CNCc2ccc([N+](=O)[O-])cc2)o1. The fourth-order valence-corrected chi connectivity index (χ4v) is 1.65. The number of hydrogen-bond donors (Lipinski definition) is 2. The second kappa shape index (κ2) is 5.98. The molecule has 0 saturated heterocycles. The lowest BCUT2D eigenvalue weighted by Crippen LogP contribution is -2.12. The van der Waals surface area contributed by atoms with Crippen molar-refractivity contribution in [3.63, 3.8) is 0 Å². The first kappa shape index (κ1) is 13.8. The van der Waals surface area contributed by atoms with E-state index >= 15 is 0 Å². The Labute approximate surface area is 114 Å². The molecule has 0 fully saturated rings. The molecule has 0 spiro atoms. The van der Waals surface area contributed by atoms with Crippen molar-refractivity contribution >= 4 is 11.7 Å². The lowest BCUT2D eigenvalue weighted by atomic mass is 10.2. The van der Waals surface area contributed by atoms with Crippen LogP contribution in [0.5, 0.6) is 0 Å². The molecular formula is C13H12N2O5. The van der Waals surface area contributed by atoms with E-state index in [4.69, 9.17) is 9.52 Å². The third kappa shape index (κ3) is 3.42. The molecule has 0 aliphatic heterocycles. The molecule has 0 saturated carbocycles. The Morgan fingerprint density at radius 3 is 2.45 bits per heavy atom. The normalized spacial score (nSPS) is 10.4. The molecule has 104 valence electrons. The summed E-state index contributed by atoms with van der Waals surface area (Å²) in [5, 5.41) is 22.3. The van der Waals surface area contributed by atoms with Gasteiger partial charge in [-0.2, -0.15) is 0 Å². The first-order chi connectivity index (χ1) is 9.56. The average molecular weight is 276 g/mol. The van der Waals surface area contributed by atoms with Crippen LogP contribution in [0.4, 0.5) is 5.69 Å². The first-order valence-electron chi connectivity index (χ1n) is 5.82. The zero-order chi connectivity index (χ0) is 14.5. The average Bonchev–Trinajstić information content (AvgIpc) is 2.88. The smallest absolute Gasteiger partial charge is 0.371 e. The number of furan rings is 1. The molecule has 0 atom stereocenters. The van der Waals surface area contributed by atoms with Crippen LogP contribution in [-0.2, 0) is 13.1 Å².